The first-order chi connectivity index (χ1) is 14.1. The van der Waals surface area contributed by atoms with E-state index in [1.54, 1.807) is 25.5 Å². The Kier molecular flexibility index (Phi) is 6.86. The van der Waals surface area contributed by atoms with Gasteiger partial charge < -0.3 is 9.47 Å². The van der Waals surface area contributed by atoms with Gasteiger partial charge in [0, 0.05) is 0 Å². The van der Waals surface area contributed by atoms with E-state index in [-0.39, 0.29) is 5.02 Å². The van der Waals surface area contributed by atoms with E-state index in [0.29, 0.717) is 29.5 Å². The molecule has 0 atom stereocenters. The zero-order valence-electron chi connectivity index (χ0n) is 16.1. The molecule has 0 saturated heterocycles. The lowest BCUT2D eigenvalue weighted by molar-refractivity contribution is 0.294. The fourth-order valence-electron chi connectivity index (χ4n) is 2.54. The average Bonchev–Trinajstić information content (AvgIpc) is 2.76. The van der Waals surface area contributed by atoms with Crippen LogP contribution in [0.4, 0.5) is 5.69 Å². The molecule has 1 N–H and O–H groups in total. The van der Waals surface area contributed by atoms with E-state index in [1.165, 1.54) is 10.9 Å². The molecule has 1 aromatic heterocycles. The molecule has 1 heterocycles. The van der Waals surface area contributed by atoms with Crippen molar-refractivity contribution < 1.29 is 9.47 Å². The summed E-state index contributed by atoms with van der Waals surface area (Å²) in [5.74, 6) is 1.30. The van der Waals surface area contributed by atoms with Gasteiger partial charge in [0.1, 0.15) is 10.7 Å². The molecule has 3 rings (SSSR count). The third kappa shape index (κ3) is 4.94. The number of hydrogen-bond donors (Lipinski definition) is 1. The summed E-state index contributed by atoms with van der Waals surface area (Å²) >= 11 is 6.21. The second-order valence-corrected chi connectivity index (χ2v) is 6.43. The van der Waals surface area contributed by atoms with Gasteiger partial charge in [-0.25, -0.2) is 0 Å². The molecule has 7 nitrogen and oxygen atoms in total. The highest BCUT2D eigenvalue weighted by Crippen LogP contribution is 2.27. The number of rotatable bonds is 8. The van der Waals surface area contributed by atoms with Gasteiger partial charge in [-0.15, -0.1) is 0 Å². The Labute approximate surface area is 173 Å². The molecule has 0 unspecified atom stereocenters. The molecule has 3 aromatic rings. The van der Waals surface area contributed by atoms with Gasteiger partial charge in [-0.3, -0.25) is 10.2 Å². The van der Waals surface area contributed by atoms with Crippen LogP contribution in [0.1, 0.15) is 18.9 Å². The topological polar surface area (TPSA) is 77.7 Å². The molecule has 0 aliphatic carbocycles. The molecule has 2 aromatic carbocycles. The molecule has 0 bridgehead atoms. The minimum absolute atomic E-state index is 0.00250. The Balaban J connectivity index is 1.77. The predicted octanol–water partition coefficient (Wildman–Crippen LogP) is 4.13. The van der Waals surface area contributed by atoms with Crippen LogP contribution < -0.4 is 20.5 Å². The molecule has 0 aliphatic rings. The number of ether oxygens (including phenoxy) is 2. The first-order valence-electron chi connectivity index (χ1n) is 9.07. The molecule has 0 saturated carbocycles. The standard InChI is InChI=1S/C21H21ClN4O3/c1-3-11-29-19-12-15(9-10-18(19)28-2)13-23-25-17-14-24-26(21(27)20(17)22)16-7-5-4-6-8-16/h4-10,12-14,25H,3,11H2,1-2H3/b23-13-. The van der Waals surface area contributed by atoms with Gasteiger partial charge in [0.05, 0.1) is 31.8 Å². The van der Waals surface area contributed by atoms with Gasteiger partial charge in [-0.1, -0.05) is 36.7 Å². The Morgan fingerprint density at radius 1 is 1.21 bits per heavy atom. The summed E-state index contributed by atoms with van der Waals surface area (Å²) in [6.07, 6.45) is 3.94. The maximum atomic E-state index is 12.5. The lowest BCUT2D eigenvalue weighted by atomic mass is 10.2. The van der Waals surface area contributed by atoms with Crippen LogP contribution in [0.5, 0.6) is 11.5 Å². The van der Waals surface area contributed by atoms with E-state index in [9.17, 15) is 4.79 Å². The molecule has 0 spiro atoms. The fraction of sp³-hybridized carbons (Fsp3) is 0.190. The lowest BCUT2D eigenvalue weighted by Gasteiger charge is -2.10. The number of anilines is 1. The Morgan fingerprint density at radius 2 is 2.00 bits per heavy atom. The summed E-state index contributed by atoms with van der Waals surface area (Å²) in [4.78, 5) is 12.5. The summed E-state index contributed by atoms with van der Waals surface area (Å²) < 4.78 is 12.2. The van der Waals surface area contributed by atoms with Gasteiger partial charge in [0.2, 0.25) is 0 Å². The Hall–Kier alpha value is -3.32. The van der Waals surface area contributed by atoms with Crippen molar-refractivity contribution >= 4 is 23.5 Å². The highest BCUT2D eigenvalue weighted by molar-refractivity contribution is 6.32. The molecule has 0 amide bonds. The minimum Gasteiger partial charge on any atom is -0.493 e. The van der Waals surface area contributed by atoms with Crippen LogP contribution in [-0.2, 0) is 0 Å². The van der Waals surface area contributed by atoms with Gasteiger partial charge in [0.25, 0.3) is 5.56 Å². The second-order valence-electron chi connectivity index (χ2n) is 6.05. The summed E-state index contributed by atoms with van der Waals surface area (Å²) in [5, 5.41) is 8.30. The zero-order chi connectivity index (χ0) is 20.6. The van der Waals surface area contributed by atoms with Gasteiger partial charge in [-0.05, 0) is 42.3 Å². The molecule has 150 valence electrons. The number of aromatic nitrogens is 2. The fourth-order valence-corrected chi connectivity index (χ4v) is 2.71. The average molecular weight is 413 g/mol. The molecule has 8 heteroatoms. The van der Waals surface area contributed by atoms with Crippen molar-refractivity contribution in [1.82, 2.24) is 9.78 Å². The van der Waals surface area contributed by atoms with E-state index in [4.69, 9.17) is 21.1 Å². The smallest absolute Gasteiger partial charge is 0.292 e. The number of methoxy groups -OCH3 is 1. The van der Waals surface area contributed by atoms with Crippen LogP contribution in [0.25, 0.3) is 5.69 Å². The van der Waals surface area contributed by atoms with Crippen molar-refractivity contribution in [2.75, 3.05) is 19.1 Å². The van der Waals surface area contributed by atoms with Gasteiger partial charge >= 0.3 is 0 Å². The Bertz CT molecular complexity index is 1050. The van der Waals surface area contributed by atoms with E-state index in [0.717, 1.165) is 12.0 Å². The van der Waals surface area contributed by atoms with Crippen molar-refractivity contribution in [2.24, 2.45) is 5.10 Å². The summed E-state index contributed by atoms with van der Waals surface area (Å²) in [6.45, 7) is 2.62. The van der Waals surface area contributed by atoms with E-state index in [1.807, 2.05) is 43.3 Å². The summed E-state index contributed by atoms with van der Waals surface area (Å²) in [6, 6.07) is 14.5. The van der Waals surface area contributed by atoms with Crippen LogP contribution in [-0.4, -0.2) is 29.7 Å². The number of para-hydroxylation sites is 1. The second kappa shape index (κ2) is 9.75. The first-order valence-corrected chi connectivity index (χ1v) is 9.45. The van der Waals surface area contributed by atoms with Crippen molar-refractivity contribution in [3.8, 4) is 17.2 Å². The molecule has 29 heavy (non-hydrogen) atoms. The van der Waals surface area contributed by atoms with Crippen molar-refractivity contribution in [3.05, 3.63) is 75.7 Å². The van der Waals surface area contributed by atoms with E-state index in [2.05, 4.69) is 15.6 Å². The van der Waals surface area contributed by atoms with Crippen molar-refractivity contribution in [2.45, 2.75) is 13.3 Å². The van der Waals surface area contributed by atoms with Crippen LogP contribution in [0.2, 0.25) is 5.02 Å². The maximum absolute atomic E-state index is 12.5. The number of nitrogens with zero attached hydrogens (tertiary/aromatic N) is 3. The summed E-state index contributed by atoms with van der Waals surface area (Å²) in [7, 11) is 1.59. The molecule has 0 radical (unpaired) electrons. The number of benzene rings is 2. The summed E-state index contributed by atoms with van der Waals surface area (Å²) in [5.41, 5.74) is 4.07. The number of hydrogen-bond acceptors (Lipinski definition) is 6. The van der Waals surface area contributed by atoms with E-state index >= 15 is 0 Å². The van der Waals surface area contributed by atoms with Crippen LogP contribution in [0.3, 0.4) is 0 Å². The van der Waals surface area contributed by atoms with Gasteiger partial charge in [-0.2, -0.15) is 14.9 Å². The van der Waals surface area contributed by atoms with Crippen LogP contribution in [0, 0.1) is 0 Å². The highest BCUT2D eigenvalue weighted by atomic mass is 35.5. The zero-order valence-corrected chi connectivity index (χ0v) is 16.9. The monoisotopic (exact) mass is 412 g/mol. The molecular formula is C21H21ClN4O3. The largest absolute Gasteiger partial charge is 0.493 e. The lowest BCUT2D eigenvalue weighted by Crippen LogP contribution is -2.22. The molecule has 0 aliphatic heterocycles. The first kappa shape index (κ1) is 20.4. The molecule has 0 fully saturated rings. The van der Waals surface area contributed by atoms with Crippen LogP contribution >= 0.6 is 11.6 Å². The Morgan fingerprint density at radius 3 is 2.72 bits per heavy atom. The van der Waals surface area contributed by atoms with Crippen molar-refractivity contribution in [1.29, 1.82) is 0 Å². The maximum Gasteiger partial charge on any atom is 0.292 e. The van der Waals surface area contributed by atoms with Crippen LogP contribution in [0.15, 0.2) is 64.6 Å². The SMILES string of the molecule is CCCOc1cc(/C=N\Nc2cnn(-c3ccccc3)c(=O)c2Cl)ccc1OC. The van der Waals surface area contributed by atoms with Gasteiger partial charge in [0.15, 0.2) is 11.5 Å². The minimum atomic E-state index is -0.433. The third-order valence-electron chi connectivity index (χ3n) is 3.97. The predicted molar refractivity (Wildman–Crippen MR) is 115 cm³/mol. The highest BCUT2D eigenvalue weighted by Gasteiger charge is 2.10. The number of hydrazone groups is 1. The number of halogens is 1. The quantitative estimate of drug-likeness (QED) is 0.444. The normalized spacial score (nSPS) is 10.9. The van der Waals surface area contributed by atoms with Crippen molar-refractivity contribution in [3.63, 3.8) is 0 Å². The number of nitrogens with one attached hydrogen (secondary N) is 1. The molecular weight excluding hydrogens is 392 g/mol. The third-order valence-corrected chi connectivity index (χ3v) is 4.33. The van der Waals surface area contributed by atoms with E-state index < -0.39 is 5.56 Å².